The van der Waals surface area contributed by atoms with E-state index in [1.54, 1.807) is 0 Å². The van der Waals surface area contributed by atoms with Crippen molar-refractivity contribution in [3.63, 3.8) is 0 Å². The first kappa shape index (κ1) is 22.3. The molecule has 3 rings (SSSR count). The number of carbonyl (C=O) groups is 4. The van der Waals surface area contributed by atoms with Crippen molar-refractivity contribution in [3.05, 3.63) is 57.2 Å². The average molecular weight is 462 g/mol. The second-order valence-corrected chi connectivity index (χ2v) is 6.10. The lowest BCUT2D eigenvalue weighted by Gasteiger charge is -2.16. The third kappa shape index (κ3) is 2.72. The molecule has 0 spiro atoms. The minimum atomic E-state index is -2.51. The van der Waals surface area contributed by atoms with Gasteiger partial charge in [0.05, 0.1) is 10.8 Å². The van der Waals surface area contributed by atoms with Crippen LogP contribution in [0.5, 0.6) is 0 Å². The summed E-state index contributed by atoms with van der Waals surface area (Å²) in [6.07, 6.45) is 0. The quantitative estimate of drug-likeness (QED) is 0.339. The van der Waals surface area contributed by atoms with E-state index in [9.17, 15) is 36.7 Å². The standard InChI is InChI=1S/C18H4F6O8/c19-9-1-2-4(12(22)8(18(31)32)6(10(2)20)16(27)28)14(24)13(23)3(1)11(21)7(17(29)30)5(9)15(25)26/h(H,25,26)(H,27,28)(H,29,30)(H,31,32). The number of halogens is 6. The van der Waals surface area contributed by atoms with Gasteiger partial charge in [0.15, 0.2) is 11.6 Å². The zero-order valence-corrected chi connectivity index (χ0v) is 14.7. The highest BCUT2D eigenvalue weighted by molar-refractivity contribution is 6.18. The normalized spacial score (nSPS) is 11.2. The Hall–Kier alpha value is -4.36. The first-order chi connectivity index (χ1) is 14.7. The summed E-state index contributed by atoms with van der Waals surface area (Å²) in [5.41, 5.74) is -7.95. The van der Waals surface area contributed by atoms with Gasteiger partial charge < -0.3 is 20.4 Å². The van der Waals surface area contributed by atoms with Crippen LogP contribution in [-0.4, -0.2) is 44.3 Å². The number of hydrogen-bond acceptors (Lipinski definition) is 4. The molecule has 0 aliphatic carbocycles. The van der Waals surface area contributed by atoms with Crippen LogP contribution in [0.15, 0.2) is 0 Å². The minimum Gasteiger partial charge on any atom is -0.478 e. The molecule has 0 atom stereocenters. The molecule has 4 N–H and O–H groups in total. The number of rotatable bonds is 4. The Morgan fingerprint density at radius 2 is 0.562 bits per heavy atom. The Balaban J connectivity index is 2.91. The van der Waals surface area contributed by atoms with Gasteiger partial charge in [-0.1, -0.05) is 0 Å². The molecule has 3 aromatic carbocycles. The summed E-state index contributed by atoms with van der Waals surface area (Å²) < 4.78 is 88.7. The van der Waals surface area contributed by atoms with Crippen molar-refractivity contribution in [2.75, 3.05) is 0 Å². The smallest absolute Gasteiger partial charge is 0.339 e. The first-order valence-corrected chi connectivity index (χ1v) is 7.84. The Labute approximate surface area is 169 Å². The SMILES string of the molecule is O=C(O)c1c(C(=O)O)c(F)c2c(c1F)c(F)c(F)c1c(F)c(C(=O)O)c(C(=O)O)c(F)c12. The molecule has 0 amide bonds. The number of benzene rings is 3. The summed E-state index contributed by atoms with van der Waals surface area (Å²) in [5, 5.41) is 28.5. The van der Waals surface area contributed by atoms with Crippen LogP contribution in [-0.2, 0) is 0 Å². The molecular weight excluding hydrogens is 458 g/mol. The van der Waals surface area contributed by atoms with E-state index in [4.69, 9.17) is 20.4 Å². The highest BCUT2D eigenvalue weighted by atomic mass is 19.2. The lowest BCUT2D eigenvalue weighted by molar-refractivity contribution is 0.0643. The molecule has 0 saturated heterocycles. The van der Waals surface area contributed by atoms with Crippen molar-refractivity contribution < 1.29 is 65.9 Å². The number of fused-ring (bicyclic) bond motifs is 3. The van der Waals surface area contributed by atoms with Gasteiger partial charge in [0.2, 0.25) is 0 Å². The Bertz CT molecular complexity index is 1340. The first-order valence-electron chi connectivity index (χ1n) is 7.84. The number of hydrogen-bond donors (Lipinski definition) is 4. The van der Waals surface area contributed by atoms with Gasteiger partial charge in [-0.15, -0.1) is 0 Å². The van der Waals surface area contributed by atoms with Crippen LogP contribution in [0.3, 0.4) is 0 Å². The zero-order valence-electron chi connectivity index (χ0n) is 14.7. The fourth-order valence-electron chi connectivity index (χ4n) is 3.28. The number of carboxylic acid groups (broad SMARTS) is 4. The summed E-state index contributed by atoms with van der Waals surface area (Å²) in [6, 6.07) is 0. The van der Waals surface area contributed by atoms with E-state index < -0.39 is 103 Å². The molecule has 0 aliphatic rings. The van der Waals surface area contributed by atoms with Gasteiger partial charge in [0, 0.05) is 10.8 Å². The topological polar surface area (TPSA) is 149 Å². The van der Waals surface area contributed by atoms with Gasteiger partial charge in [0.25, 0.3) is 0 Å². The van der Waals surface area contributed by atoms with Crippen molar-refractivity contribution >= 4 is 45.4 Å². The molecule has 0 heterocycles. The Morgan fingerprint density at radius 1 is 0.375 bits per heavy atom. The van der Waals surface area contributed by atoms with Crippen LogP contribution in [0.1, 0.15) is 41.4 Å². The van der Waals surface area contributed by atoms with E-state index in [0.717, 1.165) is 0 Å². The van der Waals surface area contributed by atoms with E-state index in [1.165, 1.54) is 0 Å². The fourth-order valence-corrected chi connectivity index (χ4v) is 3.28. The molecule has 0 saturated carbocycles. The highest BCUT2D eigenvalue weighted by Gasteiger charge is 2.37. The van der Waals surface area contributed by atoms with Crippen LogP contribution in [0.25, 0.3) is 21.5 Å². The second kappa shape index (κ2) is 7.11. The average Bonchev–Trinajstić information content (AvgIpc) is 2.67. The van der Waals surface area contributed by atoms with Crippen LogP contribution in [0.4, 0.5) is 26.3 Å². The summed E-state index contributed by atoms with van der Waals surface area (Å²) in [6.45, 7) is 0. The molecule has 0 radical (unpaired) electrons. The molecular formula is C18H4F6O8. The van der Waals surface area contributed by atoms with E-state index in [1.807, 2.05) is 0 Å². The molecule has 14 heteroatoms. The summed E-state index contributed by atoms with van der Waals surface area (Å²) >= 11 is 0. The van der Waals surface area contributed by atoms with Gasteiger partial charge in [0.1, 0.15) is 45.5 Å². The molecule has 0 aromatic heterocycles. The van der Waals surface area contributed by atoms with Crippen molar-refractivity contribution in [2.24, 2.45) is 0 Å². The number of carboxylic acids is 4. The number of aromatic carboxylic acids is 4. The predicted octanol–water partition coefficient (Wildman–Crippen LogP) is 3.62. The summed E-state index contributed by atoms with van der Waals surface area (Å²) in [5.74, 6) is -24.3. The molecule has 8 nitrogen and oxygen atoms in total. The molecule has 32 heavy (non-hydrogen) atoms. The molecule has 166 valence electrons. The molecule has 0 bridgehead atoms. The molecule has 0 aliphatic heterocycles. The van der Waals surface area contributed by atoms with E-state index in [-0.39, 0.29) is 0 Å². The predicted molar refractivity (Wildman–Crippen MR) is 89.0 cm³/mol. The zero-order chi connectivity index (χ0) is 24.4. The van der Waals surface area contributed by atoms with Crippen LogP contribution in [0, 0.1) is 34.9 Å². The minimum absolute atomic E-state index is 1.85. The van der Waals surface area contributed by atoms with Crippen molar-refractivity contribution in [2.45, 2.75) is 0 Å². The Morgan fingerprint density at radius 3 is 0.750 bits per heavy atom. The van der Waals surface area contributed by atoms with Crippen LogP contribution < -0.4 is 0 Å². The van der Waals surface area contributed by atoms with Crippen molar-refractivity contribution in [1.82, 2.24) is 0 Å². The van der Waals surface area contributed by atoms with Gasteiger partial charge in [-0.25, -0.2) is 45.5 Å². The third-order valence-corrected chi connectivity index (χ3v) is 4.49. The van der Waals surface area contributed by atoms with Gasteiger partial charge in [-0.05, 0) is 0 Å². The largest absolute Gasteiger partial charge is 0.478 e. The molecule has 0 fully saturated rings. The monoisotopic (exact) mass is 462 g/mol. The molecule has 3 aromatic rings. The lowest BCUT2D eigenvalue weighted by Crippen LogP contribution is -2.18. The van der Waals surface area contributed by atoms with Crippen molar-refractivity contribution in [3.8, 4) is 0 Å². The fraction of sp³-hybridized carbons (Fsp3) is 0. The van der Waals surface area contributed by atoms with E-state index in [0.29, 0.717) is 0 Å². The molecule has 0 unspecified atom stereocenters. The highest BCUT2D eigenvalue weighted by Crippen LogP contribution is 2.41. The second-order valence-electron chi connectivity index (χ2n) is 6.10. The maximum atomic E-state index is 15.0. The van der Waals surface area contributed by atoms with Gasteiger partial charge in [-0.2, -0.15) is 0 Å². The van der Waals surface area contributed by atoms with E-state index in [2.05, 4.69) is 0 Å². The lowest BCUT2D eigenvalue weighted by atomic mass is 9.90. The maximum absolute atomic E-state index is 15.0. The maximum Gasteiger partial charge on any atom is 0.339 e. The third-order valence-electron chi connectivity index (χ3n) is 4.49. The van der Waals surface area contributed by atoms with Gasteiger partial charge >= 0.3 is 23.9 Å². The van der Waals surface area contributed by atoms with Crippen LogP contribution in [0.2, 0.25) is 0 Å². The Kier molecular flexibility index (Phi) is 4.96. The summed E-state index contributed by atoms with van der Waals surface area (Å²) in [7, 11) is 0. The van der Waals surface area contributed by atoms with E-state index >= 15 is 8.78 Å². The van der Waals surface area contributed by atoms with Gasteiger partial charge in [-0.3, -0.25) is 0 Å². The van der Waals surface area contributed by atoms with Crippen molar-refractivity contribution in [1.29, 1.82) is 0 Å². The van der Waals surface area contributed by atoms with Crippen LogP contribution >= 0.6 is 0 Å². The summed E-state index contributed by atoms with van der Waals surface area (Å²) in [4.78, 5) is 45.1.